The quantitative estimate of drug-likeness (QED) is 0.557. The highest BCUT2D eigenvalue weighted by molar-refractivity contribution is 5.96. The van der Waals surface area contributed by atoms with Crippen LogP contribution in [0.25, 0.3) is 10.9 Å². The number of carbonyl (C=O) groups excluding carboxylic acids is 3. The fourth-order valence-electron chi connectivity index (χ4n) is 3.86. The molecule has 1 atom stereocenters. The van der Waals surface area contributed by atoms with Gasteiger partial charge in [-0.25, -0.2) is 0 Å². The Balaban J connectivity index is 1.42. The summed E-state index contributed by atoms with van der Waals surface area (Å²) in [6.45, 7) is 4.77. The minimum atomic E-state index is -0.638. The van der Waals surface area contributed by atoms with E-state index in [4.69, 9.17) is 0 Å². The summed E-state index contributed by atoms with van der Waals surface area (Å²) in [5.74, 6) is -0.990. The maximum atomic E-state index is 12.7. The molecule has 9 heteroatoms. The van der Waals surface area contributed by atoms with Gasteiger partial charge in [-0.3, -0.25) is 29.9 Å². The van der Waals surface area contributed by atoms with Gasteiger partial charge in [0.2, 0.25) is 5.91 Å². The van der Waals surface area contributed by atoms with Crippen LogP contribution in [0.2, 0.25) is 0 Å². The number of hydrogen-bond acceptors (Lipinski definition) is 4. The summed E-state index contributed by atoms with van der Waals surface area (Å²) in [5, 5.41) is 5.21. The second-order valence-electron chi connectivity index (χ2n) is 7.37. The minimum absolute atomic E-state index is 0.0796. The third-order valence-corrected chi connectivity index (χ3v) is 5.46. The number of amides is 3. The Bertz CT molecular complexity index is 1120. The average Bonchev–Trinajstić information content (AvgIpc) is 3.44. The first-order chi connectivity index (χ1) is 14.5. The standard InChI is InChI=1S/C21H24N6O3/c1-3-27-13(2)10-17(25-27)20(29)23-24-21(30)18-8-9-19(28)26(18)12-14-11-22-16-7-5-4-6-15(14)16/h4-7,10-11,18,22H,3,8-9,12H2,1-2H3,(H,23,29)(H,24,30). The number of benzene rings is 1. The van der Waals surface area contributed by atoms with Gasteiger partial charge in [-0.05, 0) is 38.0 Å². The second kappa shape index (κ2) is 8.02. The first-order valence-electron chi connectivity index (χ1n) is 9.97. The van der Waals surface area contributed by atoms with Crippen molar-refractivity contribution in [2.75, 3.05) is 0 Å². The van der Waals surface area contributed by atoms with Gasteiger partial charge < -0.3 is 9.88 Å². The lowest BCUT2D eigenvalue weighted by molar-refractivity contribution is -0.136. The summed E-state index contributed by atoms with van der Waals surface area (Å²) < 4.78 is 1.70. The van der Waals surface area contributed by atoms with Crippen LogP contribution in [0.3, 0.4) is 0 Å². The molecule has 4 rings (SSSR count). The molecule has 3 N–H and O–H groups in total. The molecular weight excluding hydrogens is 384 g/mol. The summed E-state index contributed by atoms with van der Waals surface area (Å²) in [7, 11) is 0. The number of hydrazine groups is 1. The molecule has 0 radical (unpaired) electrons. The molecule has 1 saturated heterocycles. The third-order valence-electron chi connectivity index (χ3n) is 5.46. The van der Waals surface area contributed by atoms with Gasteiger partial charge in [0.1, 0.15) is 6.04 Å². The van der Waals surface area contributed by atoms with Crippen molar-refractivity contribution in [3.05, 3.63) is 53.5 Å². The van der Waals surface area contributed by atoms with Crippen LogP contribution >= 0.6 is 0 Å². The predicted molar refractivity (Wildman–Crippen MR) is 110 cm³/mol. The van der Waals surface area contributed by atoms with Crippen molar-refractivity contribution in [1.82, 2.24) is 30.5 Å². The Morgan fingerprint density at radius 1 is 1.27 bits per heavy atom. The van der Waals surface area contributed by atoms with Crippen LogP contribution in [0.5, 0.6) is 0 Å². The molecule has 0 aliphatic carbocycles. The van der Waals surface area contributed by atoms with E-state index in [1.807, 2.05) is 44.3 Å². The minimum Gasteiger partial charge on any atom is -0.361 e. The van der Waals surface area contributed by atoms with Gasteiger partial charge in [-0.1, -0.05) is 18.2 Å². The Morgan fingerprint density at radius 3 is 2.83 bits per heavy atom. The summed E-state index contributed by atoms with van der Waals surface area (Å²) in [5.41, 5.74) is 7.87. The normalized spacial score (nSPS) is 16.3. The molecule has 0 bridgehead atoms. The van der Waals surface area contributed by atoms with E-state index in [2.05, 4.69) is 20.9 Å². The molecule has 1 aliphatic rings. The van der Waals surface area contributed by atoms with Crippen molar-refractivity contribution < 1.29 is 14.4 Å². The Labute approximate surface area is 173 Å². The molecule has 1 fully saturated rings. The number of nitrogens with one attached hydrogen (secondary N) is 3. The lowest BCUT2D eigenvalue weighted by Crippen LogP contribution is -2.50. The van der Waals surface area contributed by atoms with Crippen LogP contribution in [-0.2, 0) is 22.7 Å². The Morgan fingerprint density at radius 2 is 2.07 bits per heavy atom. The van der Waals surface area contributed by atoms with Crippen LogP contribution in [0.4, 0.5) is 0 Å². The smallest absolute Gasteiger partial charge is 0.290 e. The molecule has 156 valence electrons. The van der Waals surface area contributed by atoms with Crippen molar-refractivity contribution in [1.29, 1.82) is 0 Å². The van der Waals surface area contributed by atoms with Gasteiger partial charge in [-0.15, -0.1) is 0 Å². The van der Waals surface area contributed by atoms with Crippen molar-refractivity contribution in [2.45, 2.75) is 45.8 Å². The summed E-state index contributed by atoms with van der Waals surface area (Å²) >= 11 is 0. The molecule has 0 spiro atoms. The highest BCUT2D eigenvalue weighted by atomic mass is 16.2. The number of hydrogen-bond donors (Lipinski definition) is 3. The Kier molecular flexibility index (Phi) is 5.26. The first kappa shape index (κ1) is 19.7. The van der Waals surface area contributed by atoms with E-state index >= 15 is 0 Å². The van der Waals surface area contributed by atoms with Crippen LogP contribution in [0.15, 0.2) is 36.5 Å². The van der Waals surface area contributed by atoms with E-state index in [0.29, 0.717) is 25.9 Å². The van der Waals surface area contributed by atoms with Crippen LogP contribution in [-0.4, -0.2) is 43.4 Å². The molecule has 3 heterocycles. The predicted octanol–water partition coefficient (Wildman–Crippen LogP) is 1.64. The van der Waals surface area contributed by atoms with E-state index in [0.717, 1.165) is 22.2 Å². The number of likely N-dealkylation sites (tertiary alicyclic amines) is 1. The first-order valence-corrected chi connectivity index (χ1v) is 9.97. The highest BCUT2D eigenvalue weighted by Gasteiger charge is 2.36. The fraction of sp³-hybridized carbons (Fsp3) is 0.333. The lowest BCUT2D eigenvalue weighted by Gasteiger charge is -2.24. The van der Waals surface area contributed by atoms with E-state index in [-0.39, 0.29) is 11.6 Å². The van der Waals surface area contributed by atoms with Gasteiger partial charge in [0.05, 0.1) is 0 Å². The molecule has 3 amide bonds. The number of fused-ring (bicyclic) bond motifs is 1. The number of aromatic amines is 1. The molecular formula is C21H24N6O3. The fourth-order valence-corrected chi connectivity index (χ4v) is 3.86. The largest absolute Gasteiger partial charge is 0.361 e. The summed E-state index contributed by atoms with van der Waals surface area (Å²) in [4.78, 5) is 42.2. The molecule has 1 unspecified atom stereocenters. The van der Waals surface area contributed by atoms with Crippen molar-refractivity contribution in [3.8, 4) is 0 Å². The van der Waals surface area contributed by atoms with Crippen molar-refractivity contribution in [3.63, 3.8) is 0 Å². The van der Waals surface area contributed by atoms with Gasteiger partial charge in [0.15, 0.2) is 5.69 Å². The van der Waals surface area contributed by atoms with Gasteiger partial charge in [-0.2, -0.15) is 5.10 Å². The molecule has 2 aromatic heterocycles. The zero-order valence-corrected chi connectivity index (χ0v) is 16.9. The molecule has 1 aromatic carbocycles. The average molecular weight is 408 g/mol. The number of aryl methyl sites for hydroxylation is 2. The SMILES string of the molecule is CCn1nc(C(=O)NNC(=O)C2CCC(=O)N2Cc2c[nH]c3ccccc23)cc1C. The summed E-state index contributed by atoms with van der Waals surface area (Å²) in [6, 6.07) is 8.84. The van der Waals surface area contributed by atoms with Crippen LogP contribution in [0, 0.1) is 6.92 Å². The van der Waals surface area contributed by atoms with Crippen molar-refractivity contribution in [2.24, 2.45) is 0 Å². The topological polar surface area (TPSA) is 112 Å². The van der Waals surface area contributed by atoms with E-state index in [9.17, 15) is 14.4 Å². The molecule has 3 aromatic rings. The van der Waals surface area contributed by atoms with Crippen LogP contribution < -0.4 is 10.9 Å². The van der Waals surface area contributed by atoms with Gasteiger partial charge in [0, 0.05) is 42.3 Å². The van der Waals surface area contributed by atoms with E-state index < -0.39 is 17.9 Å². The maximum Gasteiger partial charge on any atom is 0.290 e. The maximum absolute atomic E-state index is 12.7. The van der Waals surface area contributed by atoms with Crippen LogP contribution in [0.1, 0.15) is 41.5 Å². The monoisotopic (exact) mass is 408 g/mol. The van der Waals surface area contributed by atoms with Crippen molar-refractivity contribution >= 4 is 28.6 Å². The molecule has 30 heavy (non-hydrogen) atoms. The zero-order valence-electron chi connectivity index (χ0n) is 16.9. The number of rotatable bonds is 5. The zero-order chi connectivity index (χ0) is 21.3. The number of carbonyl (C=O) groups is 3. The number of aromatic nitrogens is 3. The third kappa shape index (κ3) is 3.66. The van der Waals surface area contributed by atoms with E-state index in [1.165, 1.54) is 0 Å². The lowest BCUT2D eigenvalue weighted by atomic mass is 10.1. The molecule has 1 aliphatic heterocycles. The van der Waals surface area contributed by atoms with E-state index in [1.54, 1.807) is 15.6 Å². The van der Waals surface area contributed by atoms with Gasteiger partial charge in [0.25, 0.3) is 11.8 Å². The second-order valence-corrected chi connectivity index (χ2v) is 7.37. The van der Waals surface area contributed by atoms with Gasteiger partial charge >= 0.3 is 0 Å². The number of para-hydroxylation sites is 1. The molecule has 9 nitrogen and oxygen atoms in total. The molecule has 0 saturated carbocycles. The number of H-pyrrole nitrogens is 1. The Hall–Kier alpha value is -3.62. The number of nitrogens with zero attached hydrogens (tertiary/aromatic N) is 3. The highest BCUT2D eigenvalue weighted by Crippen LogP contribution is 2.25. The summed E-state index contributed by atoms with van der Waals surface area (Å²) in [6.07, 6.45) is 2.57.